The van der Waals surface area contributed by atoms with E-state index < -0.39 is 0 Å². The van der Waals surface area contributed by atoms with E-state index in [4.69, 9.17) is 10.5 Å². The number of nitrogens with two attached hydrogens (primary N) is 1. The van der Waals surface area contributed by atoms with Crippen LogP contribution in [0.25, 0.3) is 5.57 Å². The molecule has 3 rings (SSSR count). The van der Waals surface area contributed by atoms with Crippen LogP contribution in [-0.4, -0.2) is 49.9 Å². The van der Waals surface area contributed by atoms with Gasteiger partial charge in [-0.3, -0.25) is 9.79 Å². The van der Waals surface area contributed by atoms with Crippen LogP contribution < -0.4 is 21.1 Å². The number of allylic oxidation sites excluding steroid dienone is 1. The van der Waals surface area contributed by atoms with E-state index in [0.29, 0.717) is 34.7 Å². The first-order chi connectivity index (χ1) is 18.0. The fourth-order valence-electron chi connectivity index (χ4n) is 4.22. The smallest absolute Gasteiger partial charge is 0.253 e. The quantitative estimate of drug-likeness (QED) is 0.312. The highest BCUT2D eigenvalue weighted by molar-refractivity contribution is 6.10. The summed E-state index contributed by atoms with van der Waals surface area (Å²) < 4.78 is 5.58. The van der Waals surface area contributed by atoms with Gasteiger partial charge in [-0.15, -0.1) is 6.58 Å². The number of methoxy groups -OCH3 is 1. The van der Waals surface area contributed by atoms with Crippen LogP contribution in [0.4, 0.5) is 11.4 Å². The van der Waals surface area contributed by atoms with Crippen molar-refractivity contribution in [3.8, 4) is 11.8 Å². The molecule has 1 atom stereocenters. The number of benzene rings is 2. The van der Waals surface area contributed by atoms with Crippen LogP contribution in [0, 0.1) is 11.3 Å². The molecule has 1 aliphatic heterocycles. The molecular formula is C29H36N6O2. The lowest BCUT2D eigenvalue weighted by Gasteiger charge is -2.21. The van der Waals surface area contributed by atoms with Crippen molar-refractivity contribution in [3.63, 3.8) is 0 Å². The maximum atomic E-state index is 13.0. The summed E-state index contributed by atoms with van der Waals surface area (Å²) in [5.74, 6) is 0.627. The number of likely N-dealkylation sites (tertiary alicyclic amines) is 1. The fourth-order valence-corrected chi connectivity index (χ4v) is 4.22. The first-order valence-corrected chi connectivity index (χ1v) is 12.6. The molecule has 1 amide bonds. The number of anilines is 2. The molecule has 4 N–H and O–H groups in total. The Hall–Kier alpha value is -4.25. The van der Waals surface area contributed by atoms with Crippen molar-refractivity contribution in [2.24, 2.45) is 10.7 Å². The highest BCUT2D eigenvalue weighted by Crippen LogP contribution is 2.28. The average Bonchev–Trinajstić information content (AvgIpc) is 3.22. The third kappa shape index (κ3) is 7.37. The predicted octanol–water partition coefficient (Wildman–Crippen LogP) is 5.01. The normalized spacial score (nSPS) is 14.9. The number of rotatable bonds is 10. The number of ether oxygens (including phenoxy) is 1. The molecule has 1 saturated heterocycles. The summed E-state index contributed by atoms with van der Waals surface area (Å²) in [6.07, 6.45) is 9.06. The standard InChI is InChI=1S/C29H36N6O2/c1-4-13-32-27-16-22(9-10-24(27)18-30)25(19-31)20-33-21(2)34-26-12-11-23(17-28(26)37-3)29(36)35-14-7-5-6-8-15-35/h4,9-12,16-17,19-21,32,34H,1,5-8,13-15,31H2,2-3H3/b25-19+,33-20-. The molecule has 0 spiro atoms. The van der Waals surface area contributed by atoms with Crippen LogP contribution in [0.5, 0.6) is 5.75 Å². The molecule has 2 aromatic carbocycles. The van der Waals surface area contributed by atoms with Crippen molar-refractivity contribution < 1.29 is 9.53 Å². The third-order valence-corrected chi connectivity index (χ3v) is 6.23. The molecule has 8 nitrogen and oxygen atoms in total. The van der Waals surface area contributed by atoms with E-state index in [1.165, 1.54) is 19.0 Å². The summed E-state index contributed by atoms with van der Waals surface area (Å²) in [5, 5.41) is 15.9. The molecule has 1 fully saturated rings. The van der Waals surface area contributed by atoms with E-state index in [9.17, 15) is 10.1 Å². The molecule has 1 heterocycles. The highest BCUT2D eigenvalue weighted by Gasteiger charge is 2.19. The van der Waals surface area contributed by atoms with Gasteiger partial charge >= 0.3 is 0 Å². The van der Waals surface area contributed by atoms with E-state index >= 15 is 0 Å². The second-order valence-corrected chi connectivity index (χ2v) is 8.88. The van der Waals surface area contributed by atoms with Gasteiger partial charge in [0, 0.05) is 43.2 Å². The Balaban J connectivity index is 1.71. The minimum Gasteiger partial charge on any atom is -0.495 e. The molecule has 8 heteroatoms. The Labute approximate surface area is 219 Å². The van der Waals surface area contributed by atoms with E-state index in [2.05, 4.69) is 28.3 Å². The van der Waals surface area contributed by atoms with Crippen LogP contribution in [0.2, 0.25) is 0 Å². The largest absolute Gasteiger partial charge is 0.495 e. The van der Waals surface area contributed by atoms with Crippen LogP contribution in [0.3, 0.4) is 0 Å². The van der Waals surface area contributed by atoms with Gasteiger partial charge in [-0.1, -0.05) is 25.0 Å². The van der Waals surface area contributed by atoms with Gasteiger partial charge in [0.1, 0.15) is 18.0 Å². The van der Waals surface area contributed by atoms with Crippen molar-refractivity contribution in [2.45, 2.75) is 38.8 Å². The van der Waals surface area contributed by atoms with Crippen LogP contribution in [0.15, 0.2) is 60.2 Å². The zero-order valence-corrected chi connectivity index (χ0v) is 21.7. The number of hydrogen-bond donors (Lipinski definition) is 3. The summed E-state index contributed by atoms with van der Waals surface area (Å²) in [6.45, 7) is 7.76. The number of nitrogens with zero attached hydrogens (tertiary/aromatic N) is 3. The molecule has 0 radical (unpaired) electrons. The summed E-state index contributed by atoms with van der Waals surface area (Å²) in [7, 11) is 1.59. The number of carbonyl (C=O) groups is 1. The highest BCUT2D eigenvalue weighted by atomic mass is 16.5. The Morgan fingerprint density at radius 2 is 1.92 bits per heavy atom. The Morgan fingerprint density at radius 3 is 2.57 bits per heavy atom. The maximum Gasteiger partial charge on any atom is 0.253 e. The van der Waals surface area contributed by atoms with Gasteiger partial charge in [0.25, 0.3) is 5.91 Å². The summed E-state index contributed by atoms with van der Waals surface area (Å²) in [6, 6.07) is 13.1. The summed E-state index contributed by atoms with van der Waals surface area (Å²) in [5.41, 5.74) is 10.1. The third-order valence-electron chi connectivity index (χ3n) is 6.23. The molecule has 1 aliphatic rings. The first-order valence-electron chi connectivity index (χ1n) is 12.6. The zero-order valence-electron chi connectivity index (χ0n) is 21.7. The monoisotopic (exact) mass is 500 g/mol. The Kier molecular flexibility index (Phi) is 10.1. The minimum atomic E-state index is -0.298. The number of amides is 1. The van der Waals surface area contributed by atoms with Crippen LogP contribution >= 0.6 is 0 Å². The lowest BCUT2D eigenvalue weighted by Crippen LogP contribution is -2.31. The van der Waals surface area contributed by atoms with Crippen LogP contribution in [0.1, 0.15) is 54.1 Å². The number of hydrogen-bond acceptors (Lipinski definition) is 7. The van der Waals surface area contributed by atoms with Crippen molar-refractivity contribution in [1.82, 2.24) is 4.90 Å². The molecular weight excluding hydrogens is 464 g/mol. The van der Waals surface area contributed by atoms with Gasteiger partial charge < -0.3 is 26.0 Å². The molecule has 0 aliphatic carbocycles. The number of aliphatic imine (C=N–C) groups is 1. The molecule has 194 valence electrons. The SMILES string of the molecule is C=CCNc1cc(C(/C=N\C(C)Nc2ccc(C(=O)N3CCCCCC3)cc2OC)=C/N)ccc1C#N. The minimum absolute atomic E-state index is 0.0416. The predicted molar refractivity (Wildman–Crippen MR) is 151 cm³/mol. The number of nitriles is 1. The van der Waals surface area contributed by atoms with E-state index in [1.54, 1.807) is 31.5 Å². The molecule has 0 bridgehead atoms. The number of carbonyl (C=O) groups excluding carboxylic acids is 1. The fraction of sp³-hybridized carbons (Fsp3) is 0.345. The van der Waals surface area contributed by atoms with Gasteiger partial charge in [-0.2, -0.15) is 5.26 Å². The lowest BCUT2D eigenvalue weighted by molar-refractivity contribution is 0.0761. The van der Waals surface area contributed by atoms with E-state index in [0.717, 1.165) is 37.2 Å². The first kappa shape index (κ1) is 27.3. The van der Waals surface area contributed by atoms with Gasteiger partial charge in [-0.05, 0) is 55.7 Å². The van der Waals surface area contributed by atoms with Crippen molar-refractivity contribution in [2.75, 3.05) is 37.4 Å². The maximum absolute atomic E-state index is 13.0. The average molecular weight is 501 g/mol. The zero-order chi connectivity index (χ0) is 26.6. The van der Waals surface area contributed by atoms with Gasteiger partial charge in [0.15, 0.2) is 0 Å². The molecule has 1 unspecified atom stereocenters. The van der Waals surface area contributed by atoms with Gasteiger partial charge in [0.2, 0.25) is 0 Å². The number of nitrogens with one attached hydrogen (secondary N) is 2. The van der Waals surface area contributed by atoms with E-state index in [-0.39, 0.29) is 12.1 Å². The lowest BCUT2D eigenvalue weighted by atomic mass is 10.0. The van der Waals surface area contributed by atoms with Gasteiger partial charge in [0.05, 0.1) is 24.0 Å². The molecule has 2 aromatic rings. The van der Waals surface area contributed by atoms with E-state index in [1.807, 2.05) is 36.1 Å². The second kappa shape index (κ2) is 13.7. The van der Waals surface area contributed by atoms with Crippen molar-refractivity contribution in [3.05, 3.63) is 71.9 Å². The molecule has 0 saturated carbocycles. The summed E-state index contributed by atoms with van der Waals surface area (Å²) >= 11 is 0. The molecule has 0 aromatic heterocycles. The summed E-state index contributed by atoms with van der Waals surface area (Å²) in [4.78, 5) is 19.5. The Bertz CT molecular complexity index is 1190. The van der Waals surface area contributed by atoms with Crippen LogP contribution in [-0.2, 0) is 0 Å². The topological polar surface area (TPSA) is 116 Å². The van der Waals surface area contributed by atoms with Crippen molar-refractivity contribution >= 4 is 29.1 Å². The Morgan fingerprint density at radius 1 is 1.19 bits per heavy atom. The van der Waals surface area contributed by atoms with Crippen molar-refractivity contribution in [1.29, 1.82) is 5.26 Å². The second-order valence-electron chi connectivity index (χ2n) is 8.88. The van der Waals surface area contributed by atoms with Gasteiger partial charge in [-0.25, -0.2) is 0 Å². The molecule has 37 heavy (non-hydrogen) atoms.